The molecule has 0 saturated heterocycles. The maximum absolute atomic E-state index is 11.9. The number of methoxy groups -OCH3 is 1. The molecular weight excluding hydrogens is 356 g/mol. The SMILES string of the molecule is COc1cc(Oc2ccnc(N)c2[N+](=O)[O-])ccc1NC(=O)OC(C)(C)C. The summed E-state index contributed by atoms with van der Waals surface area (Å²) in [5, 5.41) is 13.7. The summed E-state index contributed by atoms with van der Waals surface area (Å²) < 4.78 is 16.0. The van der Waals surface area contributed by atoms with Gasteiger partial charge in [-0.25, -0.2) is 9.78 Å². The van der Waals surface area contributed by atoms with Gasteiger partial charge in [0.2, 0.25) is 11.6 Å². The topological polar surface area (TPSA) is 139 Å². The summed E-state index contributed by atoms with van der Waals surface area (Å²) in [5.74, 6) is 0.202. The van der Waals surface area contributed by atoms with Crippen LogP contribution in [0.1, 0.15) is 20.8 Å². The highest BCUT2D eigenvalue weighted by molar-refractivity contribution is 5.87. The van der Waals surface area contributed by atoms with Gasteiger partial charge in [-0.15, -0.1) is 0 Å². The molecule has 0 atom stereocenters. The van der Waals surface area contributed by atoms with Crippen molar-refractivity contribution in [1.82, 2.24) is 4.98 Å². The molecule has 0 spiro atoms. The molecule has 2 rings (SSSR count). The number of carbonyl (C=O) groups is 1. The molecule has 0 radical (unpaired) electrons. The number of nitrogens with one attached hydrogen (secondary N) is 1. The Morgan fingerprint density at radius 2 is 1.96 bits per heavy atom. The Balaban J connectivity index is 2.26. The molecule has 1 aromatic carbocycles. The Labute approximate surface area is 155 Å². The van der Waals surface area contributed by atoms with Crippen molar-refractivity contribution in [1.29, 1.82) is 0 Å². The molecule has 0 aliphatic carbocycles. The summed E-state index contributed by atoms with van der Waals surface area (Å²) in [5.41, 5.74) is 4.80. The van der Waals surface area contributed by atoms with E-state index in [2.05, 4.69) is 10.3 Å². The predicted molar refractivity (Wildman–Crippen MR) is 98.2 cm³/mol. The largest absolute Gasteiger partial charge is 0.494 e. The predicted octanol–water partition coefficient (Wildman–Crippen LogP) is 3.72. The maximum atomic E-state index is 11.9. The minimum Gasteiger partial charge on any atom is -0.494 e. The van der Waals surface area contributed by atoms with Gasteiger partial charge in [0.1, 0.15) is 17.1 Å². The Morgan fingerprint density at radius 3 is 2.56 bits per heavy atom. The van der Waals surface area contributed by atoms with E-state index in [0.29, 0.717) is 5.69 Å². The number of hydrogen-bond donors (Lipinski definition) is 2. The van der Waals surface area contributed by atoms with Gasteiger partial charge < -0.3 is 19.9 Å². The van der Waals surface area contributed by atoms with Crippen LogP contribution in [0.5, 0.6) is 17.2 Å². The van der Waals surface area contributed by atoms with Crippen molar-refractivity contribution in [2.45, 2.75) is 26.4 Å². The van der Waals surface area contributed by atoms with Gasteiger partial charge in [-0.3, -0.25) is 15.4 Å². The van der Waals surface area contributed by atoms with E-state index in [1.165, 1.54) is 37.6 Å². The number of aromatic nitrogens is 1. The monoisotopic (exact) mass is 376 g/mol. The van der Waals surface area contributed by atoms with Crippen LogP contribution >= 0.6 is 0 Å². The van der Waals surface area contributed by atoms with E-state index >= 15 is 0 Å². The van der Waals surface area contributed by atoms with Crippen LogP contribution < -0.4 is 20.5 Å². The summed E-state index contributed by atoms with van der Waals surface area (Å²) in [7, 11) is 1.41. The number of anilines is 2. The van der Waals surface area contributed by atoms with Gasteiger partial charge in [0.15, 0.2) is 0 Å². The molecule has 0 unspecified atom stereocenters. The van der Waals surface area contributed by atoms with E-state index in [9.17, 15) is 14.9 Å². The van der Waals surface area contributed by atoms with Crippen molar-refractivity contribution in [3.05, 3.63) is 40.6 Å². The van der Waals surface area contributed by atoms with Gasteiger partial charge in [0.25, 0.3) is 0 Å². The standard InChI is InChI=1S/C17H20N4O6/c1-17(2,3)27-16(22)20-11-6-5-10(9-13(11)25-4)26-12-7-8-19-15(18)14(12)21(23)24/h5-9H,1-4H3,(H2,18,19)(H,20,22). The van der Waals surface area contributed by atoms with Crippen LogP contribution in [0.3, 0.4) is 0 Å². The molecular formula is C17H20N4O6. The first-order chi connectivity index (χ1) is 12.6. The van der Waals surface area contributed by atoms with Crippen molar-refractivity contribution in [2.75, 3.05) is 18.2 Å². The third kappa shape index (κ3) is 5.21. The third-order valence-corrected chi connectivity index (χ3v) is 3.13. The zero-order chi connectivity index (χ0) is 20.2. The molecule has 0 bridgehead atoms. The van der Waals surface area contributed by atoms with Crippen molar-refractivity contribution >= 4 is 23.3 Å². The quantitative estimate of drug-likeness (QED) is 0.594. The summed E-state index contributed by atoms with van der Waals surface area (Å²) in [6.07, 6.45) is 0.653. The zero-order valence-corrected chi connectivity index (χ0v) is 15.3. The molecule has 2 aromatic rings. The third-order valence-electron chi connectivity index (χ3n) is 3.13. The van der Waals surface area contributed by atoms with Gasteiger partial charge in [0, 0.05) is 18.3 Å². The van der Waals surface area contributed by atoms with Crippen LogP contribution in [0.25, 0.3) is 0 Å². The van der Waals surface area contributed by atoms with E-state index in [0.717, 1.165) is 0 Å². The molecule has 0 aliphatic heterocycles. The molecule has 1 heterocycles. The van der Waals surface area contributed by atoms with Crippen LogP contribution in [-0.2, 0) is 4.74 Å². The van der Waals surface area contributed by atoms with Crippen LogP contribution in [0.4, 0.5) is 22.0 Å². The van der Waals surface area contributed by atoms with Gasteiger partial charge in [-0.2, -0.15) is 0 Å². The number of ether oxygens (including phenoxy) is 3. The van der Waals surface area contributed by atoms with Gasteiger partial charge in [-0.1, -0.05) is 0 Å². The number of rotatable bonds is 5. The van der Waals surface area contributed by atoms with E-state index in [1.807, 2.05) is 0 Å². The van der Waals surface area contributed by atoms with Gasteiger partial charge >= 0.3 is 11.8 Å². The molecule has 1 amide bonds. The number of benzene rings is 1. The lowest BCUT2D eigenvalue weighted by molar-refractivity contribution is -0.384. The Hall–Kier alpha value is -3.56. The second kappa shape index (κ2) is 7.77. The zero-order valence-electron chi connectivity index (χ0n) is 15.3. The van der Waals surface area contributed by atoms with E-state index < -0.39 is 22.3 Å². The minimum absolute atomic E-state index is 0.0672. The number of carbonyl (C=O) groups excluding carboxylic acids is 1. The molecule has 0 fully saturated rings. The smallest absolute Gasteiger partial charge is 0.412 e. The van der Waals surface area contributed by atoms with Crippen LogP contribution in [-0.4, -0.2) is 28.7 Å². The molecule has 1 aromatic heterocycles. The minimum atomic E-state index is -0.673. The number of hydrogen-bond acceptors (Lipinski definition) is 8. The molecule has 0 aliphatic rings. The highest BCUT2D eigenvalue weighted by Gasteiger charge is 2.22. The van der Waals surface area contributed by atoms with Crippen molar-refractivity contribution in [3.8, 4) is 17.2 Å². The summed E-state index contributed by atoms with van der Waals surface area (Å²) >= 11 is 0. The Bertz CT molecular complexity index is 863. The lowest BCUT2D eigenvalue weighted by Gasteiger charge is -2.20. The first kappa shape index (κ1) is 19.8. The summed E-state index contributed by atoms with van der Waals surface area (Å²) in [6, 6.07) is 5.82. The van der Waals surface area contributed by atoms with Crippen LogP contribution in [0.15, 0.2) is 30.5 Å². The molecule has 10 heteroatoms. The lowest BCUT2D eigenvalue weighted by Crippen LogP contribution is -2.27. The normalized spacial score (nSPS) is 10.8. The van der Waals surface area contributed by atoms with Gasteiger partial charge in [0.05, 0.1) is 17.7 Å². The molecule has 3 N–H and O–H groups in total. The molecule has 0 saturated carbocycles. The second-order valence-electron chi connectivity index (χ2n) is 6.39. The Kier molecular flexibility index (Phi) is 5.69. The fourth-order valence-corrected chi connectivity index (χ4v) is 2.10. The molecule has 144 valence electrons. The number of pyridine rings is 1. The van der Waals surface area contributed by atoms with Gasteiger partial charge in [-0.05, 0) is 32.9 Å². The van der Waals surface area contributed by atoms with Crippen LogP contribution in [0, 0.1) is 10.1 Å². The molecule has 27 heavy (non-hydrogen) atoms. The fourth-order valence-electron chi connectivity index (χ4n) is 2.10. The number of nitrogens with two attached hydrogens (primary N) is 1. The van der Waals surface area contributed by atoms with Crippen LogP contribution in [0.2, 0.25) is 0 Å². The van der Waals surface area contributed by atoms with E-state index in [4.69, 9.17) is 19.9 Å². The lowest BCUT2D eigenvalue weighted by atomic mass is 10.2. The van der Waals surface area contributed by atoms with Crippen molar-refractivity contribution in [2.24, 2.45) is 0 Å². The van der Waals surface area contributed by atoms with E-state index in [1.54, 1.807) is 20.8 Å². The number of nitrogens with zero attached hydrogens (tertiary/aromatic N) is 2. The number of amides is 1. The van der Waals surface area contributed by atoms with Crippen molar-refractivity contribution in [3.63, 3.8) is 0 Å². The average Bonchev–Trinajstić information content (AvgIpc) is 2.54. The van der Waals surface area contributed by atoms with E-state index in [-0.39, 0.29) is 23.1 Å². The Morgan fingerprint density at radius 1 is 1.26 bits per heavy atom. The number of nitrogen functional groups attached to an aromatic ring is 1. The number of nitro groups is 1. The molecule has 10 nitrogen and oxygen atoms in total. The second-order valence-corrected chi connectivity index (χ2v) is 6.39. The van der Waals surface area contributed by atoms with Crippen molar-refractivity contribution < 1.29 is 23.9 Å². The summed E-state index contributed by atoms with van der Waals surface area (Å²) in [6.45, 7) is 5.23. The first-order valence-electron chi connectivity index (χ1n) is 7.85. The average molecular weight is 376 g/mol. The highest BCUT2D eigenvalue weighted by atomic mass is 16.6. The highest BCUT2D eigenvalue weighted by Crippen LogP contribution is 2.37. The fraction of sp³-hybridized carbons (Fsp3) is 0.294. The first-order valence-corrected chi connectivity index (χ1v) is 7.85. The summed E-state index contributed by atoms with van der Waals surface area (Å²) in [4.78, 5) is 26.1. The maximum Gasteiger partial charge on any atom is 0.412 e.